The molecule has 0 bridgehead atoms. The van der Waals surface area contributed by atoms with Crippen LogP contribution in [0.1, 0.15) is 39.5 Å². The Kier molecular flexibility index (Phi) is 5.61. The van der Waals surface area contributed by atoms with Crippen LogP contribution in [0.4, 0.5) is 15.8 Å². The molecule has 1 heterocycles. The highest BCUT2D eigenvalue weighted by Gasteiger charge is 2.23. The van der Waals surface area contributed by atoms with Gasteiger partial charge in [-0.05, 0) is 63.6 Å². The normalized spacial score (nSPS) is 31.1. The molecule has 1 saturated heterocycles. The summed E-state index contributed by atoms with van der Waals surface area (Å²) in [5.74, 6) is 0.427. The van der Waals surface area contributed by atoms with Crippen LogP contribution in [0.25, 0.3) is 0 Å². The number of hydrogen-bond donors (Lipinski definition) is 2. The van der Waals surface area contributed by atoms with Crippen LogP contribution in [-0.4, -0.2) is 37.9 Å². The van der Waals surface area contributed by atoms with E-state index in [2.05, 4.69) is 24.1 Å². The molecule has 2 fully saturated rings. The van der Waals surface area contributed by atoms with Crippen LogP contribution in [0.15, 0.2) is 18.2 Å². The first kappa shape index (κ1) is 17.5. The molecular formula is C19H30FN3O. The SMILES string of the molecule is C[C@@H]1CN(c2ccc(NC[C@H]3CC[C@H](N)CC3)c(F)c2)C[C@H](C)O1. The Labute approximate surface area is 144 Å². The molecule has 1 aromatic rings. The summed E-state index contributed by atoms with van der Waals surface area (Å²) in [4.78, 5) is 2.20. The van der Waals surface area contributed by atoms with Crippen molar-refractivity contribution in [3.63, 3.8) is 0 Å². The van der Waals surface area contributed by atoms with Gasteiger partial charge >= 0.3 is 0 Å². The fraction of sp³-hybridized carbons (Fsp3) is 0.684. The van der Waals surface area contributed by atoms with Crippen LogP contribution in [0.3, 0.4) is 0 Å². The van der Waals surface area contributed by atoms with Gasteiger partial charge in [0, 0.05) is 31.4 Å². The van der Waals surface area contributed by atoms with E-state index in [9.17, 15) is 4.39 Å². The number of rotatable bonds is 4. The standard InChI is InChI=1S/C19H30FN3O/c1-13-11-23(12-14(2)24-13)17-7-8-19(18(20)9-17)22-10-15-3-5-16(21)6-4-15/h7-9,13-16,22H,3-6,10-12,21H2,1-2H3/t13-,14+,15-,16-. The van der Waals surface area contributed by atoms with Crippen LogP contribution in [0.2, 0.25) is 0 Å². The molecule has 1 aliphatic carbocycles. The van der Waals surface area contributed by atoms with E-state index in [0.29, 0.717) is 17.6 Å². The molecule has 0 spiro atoms. The van der Waals surface area contributed by atoms with Gasteiger partial charge in [-0.2, -0.15) is 0 Å². The molecule has 5 heteroatoms. The Balaban J connectivity index is 1.58. The lowest BCUT2D eigenvalue weighted by molar-refractivity contribution is -0.00523. The van der Waals surface area contributed by atoms with Crippen molar-refractivity contribution in [1.82, 2.24) is 0 Å². The predicted molar refractivity (Wildman–Crippen MR) is 97.0 cm³/mol. The Morgan fingerprint density at radius 1 is 1.17 bits per heavy atom. The maximum atomic E-state index is 14.5. The van der Waals surface area contributed by atoms with E-state index >= 15 is 0 Å². The largest absolute Gasteiger partial charge is 0.382 e. The number of anilines is 2. The summed E-state index contributed by atoms with van der Waals surface area (Å²) >= 11 is 0. The van der Waals surface area contributed by atoms with Gasteiger partial charge < -0.3 is 20.7 Å². The predicted octanol–water partition coefficient (Wildman–Crippen LogP) is 3.37. The van der Waals surface area contributed by atoms with Crippen molar-refractivity contribution < 1.29 is 9.13 Å². The summed E-state index contributed by atoms with van der Waals surface area (Å²) in [5, 5.41) is 3.29. The first-order chi connectivity index (χ1) is 11.5. The average Bonchev–Trinajstić information content (AvgIpc) is 2.54. The summed E-state index contributed by atoms with van der Waals surface area (Å²) in [5.41, 5.74) is 7.48. The van der Waals surface area contributed by atoms with E-state index in [1.807, 2.05) is 12.1 Å². The topological polar surface area (TPSA) is 50.5 Å². The van der Waals surface area contributed by atoms with Crippen LogP contribution in [0, 0.1) is 11.7 Å². The number of ether oxygens (including phenoxy) is 1. The highest BCUT2D eigenvalue weighted by Crippen LogP contribution is 2.27. The number of halogens is 1. The minimum Gasteiger partial charge on any atom is -0.382 e. The van der Waals surface area contributed by atoms with Gasteiger partial charge in [-0.3, -0.25) is 0 Å². The monoisotopic (exact) mass is 335 g/mol. The molecule has 0 amide bonds. The van der Waals surface area contributed by atoms with Gasteiger partial charge in [0.1, 0.15) is 5.82 Å². The van der Waals surface area contributed by atoms with Gasteiger partial charge in [-0.15, -0.1) is 0 Å². The van der Waals surface area contributed by atoms with Crippen molar-refractivity contribution in [2.75, 3.05) is 29.9 Å². The third-order valence-corrected chi connectivity index (χ3v) is 5.21. The van der Waals surface area contributed by atoms with Crippen LogP contribution >= 0.6 is 0 Å². The second-order valence-corrected chi connectivity index (χ2v) is 7.49. The van der Waals surface area contributed by atoms with E-state index in [4.69, 9.17) is 10.5 Å². The Morgan fingerprint density at radius 3 is 2.46 bits per heavy atom. The van der Waals surface area contributed by atoms with Gasteiger partial charge in [-0.1, -0.05) is 0 Å². The van der Waals surface area contributed by atoms with Gasteiger partial charge in [0.05, 0.1) is 17.9 Å². The van der Waals surface area contributed by atoms with Crippen molar-refractivity contribution >= 4 is 11.4 Å². The molecule has 1 saturated carbocycles. The van der Waals surface area contributed by atoms with Crippen molar-refractivity contribution in [1.29, 1.82) is 0 Å². The van der Waals surface area contributed by atoms with E-state index in [0.717, 1.165) is 51.0 Å². The fourth-order valence-corrected chi connectivity index (χ4v) is 3.88. The summed E-state index contributed by atoms with van der Waals surface area (Å²) in [6.07, 6.45) is 4.79. The fourth-order valence-electron chi connectivity index (χ4n) is 3.88. The summed E-state index contributed by atoms with van der Waals surface area (Å²) in [6, 6.07) is 5.87. The van der Waals surface area contributed by atoms with E-state index in [1.165, 1.54) is 0 Å². The minimum absolute atomic E-state index is 0.173. The number of nitrogens with one attached hydrogen (secondary N) is 1. The third kappa shape index (κ3) is 4.39. The lowest BCUT2D eigenvalue weighted by Gasteiger charge is -2.37. The summed E-state index contributed by atoms with van der Waals surface area (Å²) in [6.45, 7) is 6.56. The van der Waals surface area contributed by atoms with Gasteiger partial charge in [0.2, 0.25) is 0 Å². The zero-order valence-corrected chi connectivity index (χ0v) is 14.8. The molecular weight excluding hydrogens is 305 g/mol. The molecule has 4 nitrogen and oxygen atoms in total. The number of benzene rings is 1. The second kappa shape index (κ2) is 7.70. The van der Waals surface area contributed by atoms with Crippen molar-refractivity contribution in [3.05, 3.63) is 24.0 Å². The maximum absolute atomic E-state index is 14.5. The maximum Gasteiger partial charge on any atom is 0.148 e. The number of hydrogen-bond acceptors (Lipinski definition) is 4. The first-order valence-electron chi connectivity index (χ1n) is 9.20. The van der Waals surface area contributed by atoms with Crippen molar-refractivity contribution in [2.24, 2.45) is 11.7 Å². The lowest BCUT2D eigenvalue weighted by Crippen LogP contribution is -2.45. The van der Waals surface area contributed by atoms with Gasteiger partial charge in [0.15, 0.2) is 0 Å². The molecule has 134 valence electrons. The Bertz CT molecular complexity index is 535. The lowest BCUT2D eigenvalue weighted by atomic mass is 9.86. The zero-order chi connectivity index (χ0) is 17.1. The Morgan fingerprint density at radius 2 is 1.83 bits per heavy atom. The molecule has 2 atom stereocenters. The van der Waals surface area contributed by atoms with Crippen LogP contribution in [-0.2, 0) is 4.74 Å². The van der Waals surface area contributed by atoms with Gasteiger partial charge in [0.25, 0.3) is 0 Å². The smallest absolute Gasteiger partial charge is 0.148 e. The van der Waals surface area contributed by atoms with Crippen molar-refractivity contribution in [2.45, 2.75) is 57.8 Å². The molecule has 3 N–H and O–H groups in total. The summed E-state index contributed by atoms with van der Waals surface area (Å²) < 4.78 is 20.2. The second-order valence-electron chi connectivity index (χ2n) is 7.49. The Hall–Kier alpha value is -1.33. The molecule has 1 aromatic carbocycles. The molecule has 24 heavy (non-hydrogen) atoms. The third-order valence-electron chi connectivity index (χ3n) is 5.21. The molecule has 1 aliphatic heterocycles. The highest BCUT2D eigenvalue weighted by atomic mass is 19.1. The van der Waals surface area contributed by atoms with Crippen LogP contribution < -0.4 is 16.0 Å². The highest BCUT2D eigenvalue weighted by molar-refractivity contribution is 5.56. The summed E-state index contributed by atoms with van der Waals surface area (Å²) in [7, 11) is 0. The number of nitrogens with two attached hydrogens (primary N) is 1. The molecule has 3 rings (SSSR count). The first-order valence-corrected chi connectivity index (χ1v) is 9.20. The molecule has 2 aliphatic rings. The molecule has 0 aromatic heterocycles. The van der Waals surface area contributed by atoms with E-state index < -0.39 is 0 Å². The zero-order valence-electron chi connectivity index (χ0n) is 14.8. The van der Waals surface area contributed by atoms with E-state index in [-0.39, 0.29) is 18.0 Å². The van der Waals surface area contributed by atoms with E-state index in [1.54, 1.807) is 6.07 Å². The number of morpholine rings is 1. The average molecular weight is 335 g/mol. The van der Waals surface area contributed by atoms with Crippen molar-refractivity contribution in [3.8, 4) is 0 Å². The number of nitrogens with zero attached hydrogens (tertiary/aromatic N) is 1. The quantitative estimate of drug-likeness (QED) is 0.886. The molecule has 0 unspecified atom stereocenters. The van der Waals surface area contributed by atoms with Gasteiger partial charge in [-0.25, -0.2) is 4.39 Å². The molecule has 0 radical (unpaired) electrons. The minimum atomic E-state index is -0.174. The van der Waals surface area contributed by atoms with Crippen LogP contribution in [0.5, 0.6) is 0 Å².